The molecule has 16 heteroatoms. The Labute approximate surface area is 189 Å². The van der Waals surface area contributed by atoms with E-state index in [1.54, 1.807) is 0 Å². The lowest BCUT2D eigenvalue weighted by atomic mass is 10.2. The summed E-state index contributed by atoms with van der Waals surface area (Å²) >= 11 is 0. The van der Waals surface area contributed by atoms with E-state index in [1.165, 1.54) is 17.8 Å². The molecule has 0 bridgehead atoms. The van der Waals surface area contributed by atoms with Crippen LogP contribution in [0, 0.1) is 0 Å². The molecule has 3 rings (SSSR count). The lowest BCUT2D eigenvalue weighted by Crippen LogP contribution is -2.29. The maximum absolute atomic E-state index is 12.7. The van der Waals surface area contributed by atoms with Crippen LogP contribution in [0.2, 0.25) is 0 Å². The van der Waals surface area contributed by atoms with Crippen LogP contribution in [0.15, 0.2) is 41.8 Å². The van der Waals surface area contributed by atoms with Crippen LogP contribution in [0.4, 0.5) is 13.2 Å². The summed E-state index contributed by atoms with van der Waals surface area (Å²) in [5.41, 5.74) is 4.63. The second kappa shape index (κ2) is 9.05. The number of carbonyl (C=O) groups is 2. The van der Waals surface area contributed by atoms with Crippen LogP contribution in [0.5, 0.6) is 5.75 Å². The molecule has 0 fully saturated rings. The zero-order valence-corrected chi connectivity index (χ0v) is 18.3. The zero-order chi connectivity index (χ0) is 25.3. The topological polar surface area (TPSA) is 172 Å². The van der Waals surface area contributed by atoms with Crippen LogP contribution in [0.25, 0.3) is 5.82 Å². The van der Waals surface area contributed by atoms with Crippen molar-refractivity contribution in [2.45, 2.75) is 24.2 Å². The Morgan fingerprint density at radius 1 is 1.15 bits per heavy atom. The number of nitrogens with two attached hydrogens (primary N) is 1. The van der Waals surface area contributed by atoms with Gasteiger partial charge in [-0.2, -0.15) is 9.78 Å². The van der Waals surface area contributed by atoms with Gasteiger partial charge in [-0.1, -0.05) is 0 Å². The Bertz CT molecular complexity index is 1340. The van der Waals surface area contributed by atoms with Crippen molar-refractivity contribution in [3.8, 4) is 11.6 Å². The van der Waals surface area contributed by atoms with Gasteiger partial charge in [0.1, 0.15) is 17.8 Å². The number of rotatable bonds is 7. The van der Waals surface area contributed by atoms with Gasteiger partial charge in [0.15, 0.2) is 21.5 Å². The van der Waals surface area contributed by atoms with Gasteiger partial charge in [-0.3, -0.25) is 9.59 Å². The second-order valence-electron chi connectivity index (χ2n) is 6.86. The monoisotopic (exact) mass is 499 g/mol. The molecule has 12 nitrogen and oxygen atoms in total. The fourth-order valence-corrected chi connectivity index (χ4v) is 3.41. The highest BCUT2D eigenvalue weighted by atomic mass is 32.2. The van der Waals surface area contributed by atoms with E-state index in [-0.39, 0.29) is 17.3 Å². The first-order chi connectivity index (χ1) is 15.7. The molecule has 1 atom stereocenters. The molecule has 3 N–H and O–H groups in total. The third kappa shape index (κ3) is 5.83. The molecule has 1 aromatic carbocycles. The fourth-order valence-electron chi connectivity index (χ4n) is 2.73. The highest BCUT2D eigenvalue weighted by Gasteiger charge is 2.32. The third-order valence-electron chi connectivity index (χ3n) is 4.22. The number of hydrogen-bond donors (Lipinski definition) is 2. The summed E-state index contributed by atoms with van der Waals surface area (Å²) in [7, 11) is -3.96. The largest absolute Gasteiger partial charge is 0.573 e. The predicted octanol–water partition coefficient (Wildman–Crippen LogP) is 0.949. The van der Waals surface area contributed by atoms with Crippen LogP contribution in [-0.4, -0.2) is 57.6 Å². The van der Waals surface area contributed by atoms with E-state index in [2.05, 4.69) is 30.1 Å². The van der Waals surface area contributed by atoms with Gasteiger partial charge < -0.3 is 15.8 Å². The Morgan fingerprint density at radius 3 is 2.41 bits per heavy atom. The first-order valence-corrected chi connectivity index (χ1v) is 11.1. The summed E-state index contributed by atoms with van der Waals surface area (Å²) in [5.74, 6) is -2.28. The van der Waals surface area contributed by atoms with Gasteiger partial charge in [0.25, 0.3) is 11.8 Å². The molecule has 34 heavy (non-hydrogen) atoms. The van der Waals surface area contributed by atoms with Crippen LogP contribution in [0.1, 0.15) is 39.6 Å². The Morgan fingerprint density at radius 2 is 1.85 bits per heavy atom. The summed E-state index contributed by atoms with van der Waals surface area (Å²) in [6.07, 6.45) is -0.856. The fraction of sp³-hybridized carbons (Fsp3) is 0.222. The van der Waals surface area contributed by atoms with Crippen molar-refractivity contribution in [2.75, 3.05) is 6.26 Å². The van der Waals surface area contributed by atoms with E-state index in [0.717, 1.165) is 30.9 Å². The minimum Gasteiger partial charge on any atom is -0.406 e. The Kier molecular flexibility index (Phi) is 6.53. The lowest BCUT2D eigenvalue weighted by molar-refractivity contribution is -0.274. The van der Waals surface area contributed by atoms with Crippen molar-refractivity contribution in [3.63, 3.8) is 0 Å². The van der Waals surface area contributed by atoms with Crippen molar-refractivity contribution in [1.29, 1.82) is 0 Å². The molecule has 0 aliphatic carbocycles. The standard InChI is InChI=1S/C18H16F3N7O5S/c1-9(16-25-8-26-28(16)14-7-23-13(6-24-14)15(22)29)27-17(30)10-3-11(33-18(19,20)21)5-12(4-10)34(2,31)32/h3-9H,1-2H3,(H2,22,29)(H,27,30)/t9-/m0/s1. The van der Waals surface area contributed by atoms with Gasteiger partial charge in [0.05, 0.1) is 23.3 Å². The van der Waals surface area contributed by atoms with E-state index in [4.69, 9.17) is 5.73 Å². The first-order valence-electron chi connectivity index (χ1n) is 9.18. The first kappa shape index (κ1) is 24.6. The summed E-state index contributed by atoms with van der Waals surface area (Å²) < 4.78 is 66.7. The van der Waals surface area contributed by atoms with Crippen molar-refractivity contribution >= 4 is 21.7 Å². The van der Waals surface area contributed by atoms with Crippen molar-refractivity contribution in [1.82, 2.24) is 30.0 Å². The Balaban J connectivity index is 1.89. The van der Waals surface area contributed by atoms with E-state index in [1.807, 2.05) is 0 Å². The number of halogens is 3. The van der Waals surface area contributed by atoms with Gasteiger partial charge in [-0.05, 0) is 25.1 Å². The highest BCUT2D eigenvalue weighted by molar-refractivity contribution is 7.90. The molecular weight excluding hydrogens is 483 g/mol. The van der Waals surface area contributed by atoms with E-state index in [0.29, 0.717) is 6.07 Å². The molecular formula is C18H16F3N7O5S. The maximum atomic E-state index is 12.7. The zero-order valence-electron chi connectivity index (χ0n) is 17.4. The van der Waals surface area contributed by atoms with E-state index >= 15 is 0 Å². The summed E-state index contributed by atoms with van der Waals surface area (Å²) in [4.78, 5) is 35.2. The lowest BCUT2D eigenvalue weighted by Gasteiger charge is -2.16. The molecule has 3 aromatic rings. The quantitative estimate of drug-likeness (QED) is 0.480. The highest BCUT2D eigenvalue weighted by Crippen LogP contribution is 2.27. The second-order valence-corrected chi connectivity index (χ2v) is 8.88. The molecule has 0 unspecified atom stereocenters. The number of benzene rings is 1. The number of nitrogens with one attached hydrogen (secondary N) is 1. The number of alkyl halides is 3. The molecule has 2 aromatic heterocycles. The van der Waals surface area contributed by atoms with Gasteiger partial charge in [-0.15, -0.1) is 13.2 Å². The maximum Gasteiger partial charge on any atom is 0.573 e. The molecule has 2 amide bonds. The predicted molar refractivity (Wildman–Crippen MR) is 108 cm³/mol. The summed E-state index contributed by atoms with van der Waals surface area (Å²) in [6, 6.07) is 1.46. The average molecular weight is 499 g/mol. The van der Waals surface area contributed by atoms with Gasteiger partial charge in [0, 0.05) is 11.8 Å². The van der Waals surface area contributed by atoms with E-state index < -0.39 is 50.3 Å². The molecule has 0 radical (unpaired) electrons. The number of nitrogens with zero attached hydrogens (tertiary/aromatic N) is 5. The van der Waals surface area contributed by atoms with Gasteiger partial charge in [0.2, 0.25) is 0 Å². The summed E-state index contributed by atoms with van der Waals surface area (Å²) in [6.45, 7) is 1.50. The smallest absolute Gasteiger partial charge is 0.406 e. The molecule has 0 spiro atoms. The minimum absolute atomic E-state index is 0.0885. The molecule has 2 heterocycles. The van der Waals surface area contributed by atoms with Crippen molar-refractivity contribution in [2.24, 2.45) is 5.73 Å². The number of aromatic nitrogens is 5. The number of amides is 2. The number of hydrogen-bond acceptors (Lipinski definition) is 9. The number of primary amides is 1. The molecule has 0 aliphatic rings. The van der Waals surface area contributed by atoms with Crippen molar-refractivity contribution in [3.05, 3.63) is 54.0 Å². The molecule has 0 aliphatic heterocycles. The molecule has 0 saturated carbocycles. The molecule has 0 saturated heterocycles. The van der Waals surface area contributed by atoms with Crippen molar-refractivity contribution < 1.29 is 35.9 Å². The Hall–Kier alpha value is -4.08. The molecule has 180 valence electrons. The van der Waals surface area contributed by atoms with Crippen LogP contribution in [0.3, 0.4) is 0 Å². The van der Waals surface area contributed by atoms with Crippen LogP contribution < -0.4 is 15.8 Å². The van der Waals surface area contributed by atoms with Crippen LogP contribution in [-0.2, 0) is 9.84 Å². The SMILES string of the molecule is C[C@H](NC(=O)c1cc(OC(F)(F)F)cc(S(C)(=O)=O)c1)c1ncnn1-c1cnc(C(N)=O)cn1. The van der Waals surface area contributed by atoms with Gasteiger partial charge >= 0.3 is 6.36 Å². The van der Waals surface area contributed by atoms with Gasteiger partial charge in [-0.25, -0.2) is 23.4 Å². The average Bonchev–Trinajstić information content (AvgIpc) is 3.21. The van der Waals surface area contributed by atoms with E-state index in [9.17, 15) is 31.2 Å². The number of carbonyl (C=O) groups excluding carboxylic acids is 2. The normalized spacial score (nSPS) is 12.7. The number of sulfone groups is 1. The summed E-state index contributed by atoms with van der Waals surface area (Å²) in [5, 5.41) is 6.47. The third-order valence-corrected chi connectivity index (χ3v) is 5.31. The van der Waals surface area contributed by atoms with Crippen LogP contribution >= 0.6 is 0 Å². The minimum atomic E-state index is -5.10. The number of ether oxygens (including phenoxy) is 1.